The molecule has 0 bridgehead atoms. The van der Waals surface area contributed by atoms with Gasteiger partial charge in [-0.2, -0.15) is 0 Å². The summed E-state index contributed by atoms with van der Waals surface area (Å²) in [7, 11) is 0. The average Bonchev–Trinajstić information content (AvgIpc) is 3.02. The van der Waals surface area contributed by atoms with Crippen molar-refractivity contribution in [2.24, 2.45) is 5.92 Å². The first-order valence-electron chi connectivity index (χ1n) is 8.85. The van der Waals surface area contributed by atoms with Crippen LogP contribution in [-0.2, 0) is 22.7 Å². The minimum Gasteiger partial charge on any atom is -0.478 e. The first kappa shape index (κ1) is 18.6. The summed E-state index contributed by atoms with van der Waals surface area (Å²) in [5.41, 5.74) is 3.24. The molecular formula is C21H22N2O4. The van der Waals surface area contributed by atoms with E-state index in [4.69, 9.17) is 5.11 Å². The fraction of sp³-hybridized carbons (Fsp3) is 0.286. The third-order valence-corrected chi connectivity index (χ3v) is 4.75. The summed E-state index contributed by atoms with van der Waals surface area (Å²) < 4.78 is 0. The van der Waals surface area contributed by atoms with Gasteiger partial charge in [0.1, 0.15) is 0 Å². The monoisotopic (exact) mass is 366 g/mol. The lowest BCUT2D eigenvalue weighted by Crippen LogP contribution is -2.32. The number of carbonyl (C=O) groups is 3. The molecule has 6 heteroatoms. The number of carbonyl (C=O) groups excluding carboxylic acids is 2. The van der Waals surface area contributed by atoms with Crippen molar-refractivity contribution in [3.8, 4) is 0 Å². The predicted octanol–water partition coefficient (Wildman–Crippen LogP) is 2.36. The Balaban J connectivity index is 1.52. The van der Waals surface area contributed by atoms with Gasteiger partial charge in [0.05, 0.1) is 11.5 Å². The molecule has 0 radical (unpaired) electrons. The second-order valence-electron chi connectivity index (χ2n) is 6.88. The van der Waals surface area contributed by atoms with E-state index in [0.29, 0.717) is 19.6 Å². The molecule has 1 atom stereocenters. The highest BCUT2D eigenvalue weighted by atomic mass is 16.4. The number of rotatable bonds is 6. The molecule has 2 amide bonds. The van der Waals surface area contributed by atoms with Crippen molar-refractivity contribution in [3.63, 3.8) is 0 Å². The zero-order valence-corrected chi connectivity index (χ0v) is 15.1. The number of amides is 2. The Morgan fingerprint density at radius 3 is 2.33 bits per heavy atom. The van der Waals surface area contributed by atoms with Crippen LogP contribution in [0.15, 0.2) is 48.5 Å². The Hall–Kier alpha value is -3.15. The largest absolute Gasteiger partial charge is 0.478 e. The molecular weight excluding hydrogens is 344 g/mol. The molecule has 0 aromatic heterocycles. The molecule has 1 fully saturated rings. The highest BCUT2D eigenvalue weighted by Crippen LogP contribution is 2.21. The summed E-state index contributed by atoms with van der Waals surface area (Å²) in [4.78, 5) is 37.2. The number of carboxylic acids is 1. The number of carboxylic acid groups (broad SMARTS) is 1. The second-order valence-corrected chi connectivity index (χ2v) is 6.88. The number of likely N-dealkylation sites (tertiary alicyclic amines) is 1. The van der Waals surface area contributed by atoms with Gasteiger partial charge < -0.3 is 15.3 Å². The van der Waals surface area contributed by atoms with Crippen molar-refractivity contribution < 1.29 is 19.5 Å². The van der Waals surface area contributed by atoms with Crippen LogP contribution >= 0.6 is 0 Å². The standard InChI is InChI=1S/C21H22N2O4/c1-14-2-4-16(5-3-14)12-23-13-18(10-19(23)24)20(25)22-11-15-6-8-17(9-7-15)21(26)27/h2-9,18H,10-13H2,1H3,(H,22,25)(H,26,27). The molecule has 6 nitrogen and oxygen atoms in total. The van der Waals surface area contributed by atoms with Gasteiger partial charge in [-0.15, -0.1) is 0 Å². The molecule has 1 aliphatic heterocycles. The van der Waals surface area contributed by atoms with Crippen molar-refractivity contribution in [1.82, 2.24) is 10.2 Å². The van der Waals surface area contributed by atoms with Gasteiger partial charge in [0.25, 0.3) is 0 Å². The van der Waals surface area contributed by atoms with E-state index in [9.17, 15) is 14.4 Å². The van der Waals surface area contributed by atoms with E-state index >= 15 is 0 Å². The molecule has 1 heterocycles. The molecule has 0 aliphatic carbocycles. The summed E-state index contributed by atoms with van der Waals surface area (Å²) >= 11 is 0. The number of hydrogen-bond acceptors (Lipinski definition) is 3. The SMILES string of the molecule is Cc1ccc(CN2CC(C(=O)NCc3ccc(C(=O)O)cc3)CC2=O)cc1. The predicted molar refractivity (Wildman–Crippen MR) is 100.0 cm³/mol. The molecule has 140 valence electrons. The lowest BCUT2D eigenvalue weighted by atomic mass is 10.1. The van der Waals surface area contributed by atoms with Crippen LogP contribution in [-0.4, -0.2) is 34.3 Å². The smallest absolute Gasteiger partial charge is 0.335 e. The fourth-order valence-corrected chi connectivity index (χ4v) is 3.11. The van der Waals surface area contributed by atoms with E-state index in [1.54, 1.807) is 17.0 Å². The summed E-state index contributed by atoms with van der Waals surface area (Å²) in [6.45, 7) is 3.25. The highest BCUT2D eigenvalue weighted by Gasteiger charge is 2.34. The van der Waals surface area contributed by atoms with Crippen LogP contribution in [0.25, 0.3) is 0 Å². The molecule has 1 unspecified atom stereocenters. The van der Waals surface area contributed by atoms with Gasteiger partial charge >= 0.3 is 5.97 Å². The van der Waals surface area contributed by atoms with Crippen molar-refractivity contribution in [3.05, 3.63) is 70.8 Å². The number of nitrogens with zero attached hydrogens (tertiary/aromatic N) is 1. The van der Waals surface area contributed by atoms with E-state index < -0.39 is 5.97 Å². The van der Waals surface area contributed by atoms with Crippen molar-refractivity contribution in [2.45, 2.75) is 26.4 Å². The number of aryl methyl sites for hydroxylation is 1. The van der Waals surface area contributed by atoms with E-state index in [-0.39, 0.29) is 29.7 Å². The molecule has 2 aromatic carbocycles. The minimum atomic E-state index is -0.983. The van der Waals surface area contributed by atoms with Crippen LogP contribution in [0.1, 0.15) is 33.5 Å². The number of benzene rings is 2. The van der Waals surface area contributed by atoms with Crippen LogP contribution in [0.4, 0.5) is 0 Å². The van der Waals surface area contributed by atoms with E-state index in [2.05, 4.69) is 5.32 Å². The van der Waals surface area contributed by atoms with Crippen molar-refractivity contribution in [2.75, 3.05) is 6.54 Å². The lowest BCUT2D eigenvalue weighted by molar-refractivity contribution is -0.129. The van der Waals surface area contributed by atoms with Crippen LogP contribution in [0.2, 0.25) is 0 Å². The van der Waals surface area contributed by atoms with Gasteiger partial charge in [0.15, 0.2) is 0 Å². The van der Waals surface area contributed by atoms with Gasteiger partial charge in [-0.3, -0.25) is 9.59 Å². The Morgan fingerprint density at radius 2 is 1.70 bits per heavy atom. The zero-order valence-electron chi connectivity index (χ0n) is 15.1. The minimum absolute atomic E-state index is 0.0125. The molecule has 2 N–H and O–H groups in total. The zero-order chi connectivity index (χ0) is 19.4. The molecule has 1 saturated heterocycles. The number of nitrogens with one attached hydrogen (secondary N) is 1. The molecule has 0 spiro atoms. The highest BCUT2D eigenvalue weighted by molar-refractivity contribution is 5.89. The van der Waals surface area contributed by atoms with Gasteiger partial charge in [-0.25, -0.2) is 4.79 Å². The first-order valence-corrected chi connectivity index (χ1v) is 8.85. The average molecular weight is 366 g/mol. The summed E-state index contributed by atoms with van der Waals surface area (Å²) in [5.74, 6) is -1.51. The first-order chi connectivity index (χ1) is 12.9. The van der Waals surface area contributed by atoms with Crippen LogP contribution in [0.5, 0.6) is 0 Å². The number of aromatic carboxylic acids is 1. The summed E-state index contributed by atoms with van der Waals surface area (Å²) in [5, 5.41) is 11.7. The lowest BCUT2D eigenvalue weighted by Gasteiger charge is -2.17. The number of hydrogen-bond donors (Lipinski definition) is 2. The third-order valence-electron chi connectivity index (χ3n) is 4.75. The quantitative estimate of drug-likeness (QED) is 0.822. The molecule has 1 aliphatic rings. The maximum atomic E-state index is 12.4. The maximum absolute atomic E-state index is 12.4. The van der Waals surface area contributed by atoms with E-state index in [1.165, 1.54) is 17.7 Å². The van der Waals surface area contributed by atoms with Gasteiger partial charge in [0.2, 0.25) is 11.8 Å². The van der Waals surface area contributed by atoms with Crippen LogP contribution < -0.4 is 5.32 Å². The van der Waals surface area contributed by atoms with Crippen molar-refractivity contribution >= 4 is 17.8 Å². The van der Waals surface area contributed by atoms with Gasteiger partial charge in [-0.05, 0) is 30.2 Å². The Labute approximate surface area is 157 Å². The van der Waals surface area contributed by atoms with Crippen LogP contribution in [0.3, 0.4) is 0 Å². The van der Waals surface area contributed by atoms with Gasteiger partial charge in [-0.1, -0.05) is 42.0 Å². The van der Waals surface area contributed by atoms with Gasteiger partial charge in [0, 0.05) is 26.1 Å². The molecule has 27 heavy (non-hydrogen) atoms. The Morgan fingerprint density at radius 1 is 1.07 bits per heavy atom. The summed E-state index contributed by atoms with van der Waals surface area (Å²) in [6, 6.07) is 14.4. The van der Waals surface area contributed by atoms with E-state index in [0.717, 1.165) is 11.1 Å². The maximum Gasteiger partial charge on any atom is 0.335 e. The normalized spacial score (nSPS) is 16.4. The van der Waals surface area contributed by atoms with Crippen molar-refractivity contribution in [1.29, 1.82) is 0 Å². The van der Waals surface area contributed by atoms with Crippen LogP contribution in [0, 0.1) is 12.8 Å². The molecule has 3 rings (SSSR count). The third kappa shape index (κ3) is 4.73. The second kappa shape index (κ2) is 8.03. The summed E-state index contributed by atoms with van der Waals surface area (Å²) in [6.07, 6.45) is 0.218. The molecule has 2 aromatic rings. The Kier molecular flexibility index (Phi) is 5.54. The Bertz CT molecular complexity index is 843. The van der Waals surface area contributed by atoms with E-state index in [1.807, 2.05) is 31.2 Å². The fourth-order valence-electron chi connectivity index (χ4n) is 3.11. The topological polar surface area (TPSA) is 86.7 Å². The molecule has 0 saturated carbocycles.